The summed E-state index contributed by atoms with van der Waals surface area (Å²) in [5, 5.41) is 14.8. The van der Waals surface area contributed by atoms with Crippen LogP contribution in [-0.2, 0) is 0 Å². The van der Waals surface area contributed by atoms with E-state index in [0.29, 0.717) is 16.8 Å². The zero-order valence-electron chi connectivity index (χ0n) is 36.3. The molecule has 1 aliphatic rings. The van der Waals surface area contributed by atoms with Gasteiger partial charge in [0.05, 0.1) is 28.0 Å². The third-order valence-electron chi connectivity index (χ3n) is 13.0. The maximum Gasteiger partial charge on any atom is 0.263 e. The minimum atomic E-state index is -1.24. The zero-order chi connectivity index (χ0) is 43.6. The smallest absolute Gasteiger partial charge is 0.263 e. The van der Waals surface area contributed by atoms with Crippen LogP contribution in [-0.4, -0.2) is 15.6 Å². The van der Waals surface area contributed by atoms with Crippen LogP contribution in [0.1, 0.15) is 44.4 Å². The molecule has 1 unspecified atom stereocenters. The molecular weight excluding hydrogens is 781 g/mol. The molecule has 1 amide bonds. The van der Waals surface area contributed by atoms with Crippen molar-refractivity contribution in [2.24, 2.45) is 0 Å². The highest BCUT2D eigenvalue weighted by molar-refractivity contribution is 6.19. The lowest BCUT2D eigenvalue weighted by Crippen LogP contribution is -2.29. The second kappa shape index (κ2) is 15.5. The molecule has 0 aliphatic carbocycles. The second-order valence-electron chi connectivity index (χ2n) is 17.2. The summed E-state index contributed by atoms with van der Waals surface area (Å²) in [6.45, 7) is 8.60. The van der Waals surface area contributed by atoms with Crippen LogP contribution in [0.3, 0.4) is 0 Å². The first-order chi connectivity index (χ1) is 31.2. The van der Waals surface area contributed by atoms with Gasteiger partial charge in [0.2, 0.25) is 0 Å². The summed E-state index contributed by atoms with van der Waals surface area (Å²) in [7, 11) is 0. The molecule has 1 aliphatic heterocycles. The summed E-state index contributed by atoms with van der Waals surface area (Å²) in [6.07, 6.45) is -1.24. The van der Waals surface area contributed by atoms with E-state index in [1.165, 1.54) is 33.4 Å². The molecule has 0 saturated heterocycles. The molecule has 1 aromatic heterocycles. The monoisotopic (exact) mass is 826 g/mol. The molecule has 64 heavy (non-hydrogen) atoms. The van der Waals surface area contributed by atoms with E-state index in [2.05, 4.69) is 154 Å². The lowest BCUT2D eigenvalue weighted by molar-refractivity contribution is 0.0935. The number of hydrogen-bond donors (Lipinski definition) is 1. The van der Waals surface area contributed by atoms with Crippen molar-refractivity contribution in [3.8, 4) is 61.3 Å². The highest BCUT2D eigenvalue weighted by atomic mass is 16.3. The molecule has 1 N–H and O–H groups in total. The number of amides is 1. The van der Waals surface area contributed by atoms with Crippen LogP contribution in [0.5, 0.6) is 0 Å². The lowest BCUT2D eigenvalue weighted by Gasteiger charge is -2.28. The number of nitrogens with zero attached hydrogens (tertiary/aromatic N) is 2. The Balaban J connectivity index is 1.15. The van der Waals surface area contributed by atoms with Gasteiger partial charge in [0.15, 0.2) is 6.23 Å². The molecule has 0 bridgehead atoms. The van der Waals surface area contributed by atoms with Gasteiger partial charge in [0, 0.05) is 27.5 Å². The van der Waals surface area contributed by atoms with Crippen molar-refractivity contribution < 1.29 is 9.90 Å². The average molecular weight is 827 g/mol. The molecule has 2 heterocycles. The highest BCUT2D eigenvalue weighted by Gasteiger charge is 2.41. The van der Waals surface area contributed by atoms with Gasteiger partial charge >= 0.3 is 0 Å². The van der Waals surface area contributed by atoms with Crippen LogP contribution in [0.15, 0.2) is 194 Å². The third kappa shape index (κ3) is 6.45. The fourth-order valence-electron chi connectivity index (χ4n) is 10.0. The predicted octanol–water partition coefficient (Wildman–Crippen LogP) is 15.0. The Morgan fingerprint density at radius 2 is 0.906 bits per heavy atom. The highest BCUT2D eigenvalue weighted by Crippen LogP contribution is 2.50. The molecule has 0 radical (unpaired) electrons. The van der Waals surface area contributed by atoms with E-state index < -0.39 is 6.23 Å². The minimum Gasteiger partial charge on any atom is -0.369 e. The fourth-order valence-corrected chi connectivity index (χ4v) is 10.0. The van der Waals surface area contributed by atoms with Crippen LogP contribution in [0, 0.1) is 27.7 Å². The summed E-state index contributed by atoms with van der Waals surface area (Å²) in [5.74, 6) is -0.256. The van der Waals surface area contributed by atoms with Crippen molar-refractivity contribution in [2.75, 3.05) is 4.90 Å². The second-order valence-corrected chi connectivity index (χ2v) is 17.2. The molecule has 10 aromatic rings. The number of carbonyl (C=O) groups is 1. The van der Waals surface area contributed by atoms with Crippen LogP contribution in [0.4, 0.5) is 5.69 Å². The summed E-state index contributed by atoms with van der Waals surface area (Å²) >= 11 is 0. The SMILES string of the molecule is Cc1ccc(-c2ccc3c(c2)c2cc(-c4ccc(C)cc4C)ccc2n3-c2cccc3c2C(=O)N(c2c(-c4ccccc4)cc(-c4ccccc4)cc2-c2ccccc2)C3O)c(C)c1. The first-order valence-corrected chi connectivity index (χ1v) is 22.0. The fraction of sp³-hybridized carbons (Fsp3) is 0.0833. The van der Waals surface area contributed by atoms with E-state index in [0.717, 1.165) is 72.0 Å². The Labute approximate surface area is 374 Å². The van der Waals surface area contributed by atoms with Gasteiger partial charge in [0.1, 0.15) is 0 Å². The number of aliphatic hydroxyl groups excluding tert-OH is 1. The lowest BCUT2D eigenvalue weighted by atomic mass is 9.90. The predicted molar refractivity (Wildman–Crippen MR) is 265 cm³/mol. The van der Waals surface area contributed by atoms with Gasteiger partial charge in [-0.1, -0.05) is 163 Å². The number of aryl methyl sites for hydroxylation is 4. The number of aromatic nitrogens is 1. The number of anilines is 1. The molecule has 4 heteroatoms. The van der Waals surface area contributed by atoms with Crippen LogP contribution < -0.4 is 4.90 Å². The van der Waals surface area contributed by atoms with E-state index in [1.54, 1.807) is 4.90 Å². The van der Waals surface area contributed by atoms with Crippen molar-refractivity contribution in [1.29, 1.82) is 0 Å². The first-order valence-electron chi connectivity index (χ1n) is 22.0. The molecule has 0 saturated carbocycles. The summed E-state index contributed by atoms with van der Waals surface area (Å²) < 4.78 is 2.23. The maximum atomic E-state index is 15.7. The summed E-state index contributed by atoms with van der Waals surface area (Å²) in [5.41, 5.74) is 19.7. The minimum absolute atomic E-state index is 0.256. The molecule has 0 spiro atoms. The molecule has 4 nitrogen and oxygen atoms in total. The third-order valence-corrected chi connectivity index (χ3v) is 13.0. The van der Waals surface area contributed by atoms with Crippen LogP contribution in [0.25, 0.3) is 83.1 Å². The van der Waals surface area contributed by atoms with E-state index in [-0.39, 0.29) is 5.91 Å². The number of rotatable bonds is 7. The molecule has 0 fully saturated rings. The molecule has 308 valence electrons. The summed E-state index contributed by atoms with van der Waals surface area (Å²) in [6, 6.07) is 67.5. The van der Waals surface area contributed by atoms with E-state index in [4.69, 9.17) is 0 Å². The van der Waals surface area contributed by atoms with Gasteiger partial charge in [-0.15, -0.1) is 0 Å². The molecule has 1 atom stereocenters. The Kier molecular flexibility index (Phi) is 9.48. The summed E-state index contributed by atoms with van der Waals surface area (Å²) in [4.78, 5) is 17.3. The quantitative estimate of drug-likeness (QED) is 0.174. The van der Waals surface area contributed by atoms with Crippen molar-refractivity contribution >= 4 is 33.4 Å². The standard InChI is InChI=1S/C60H46N2O2/c1-37-23-27-47(39(3)31-37)44-25-29-54-52(33-44)53-34-45(48-28-24-38(2)32-40(48)4)26-30-55(53)61(54)56-22-14-21-49-57(56)60(64)62(59(49)63)58-50(42-17-10-6-11-18-42)35-46(41-15-8-5-9-16-41)36-51(58)43-19-12-7-13-20-43/h5-36,59,63H,1-4H3. The van der Waals surface area contributed by atoms with Gasteiger partial charge < -0.3 is 9.67 Å². The topological polar surface area (TPSA) is 45.5 Å². The maximum absolute atomic E-state index is 15.7. The van der Waals surface area contributed by atoms with Gasteiger partial charge in [-0.25, -0.2) is 0 Å². The van der Waals surface area contributed by atoms with Crippen LogP contribution in [0.2, 0.25) is 0 Å². The first kappa shape index (κ1) is 39.1. The van der Waals surface area contributed by atoms with Crippen molar-refractivity contribution in [1.82, 2.24) is 4.57 Å². The van der Waals surface area contributed by atoms with Crippen molar-refractivity contribution in [2.45, 2.75) is 33.9 Å². The number of fused-ring (bicyclic) bond motifs is 4. The Morgan fingerprint density at radius 1 is 0.422 bits per heavy atom. The van der Waals surface area contributed by atoms with Gasteiger partial charge in [-0.05, 0) is 126 Å². The van der Waals surface area contributed by atoms with Crippen LogP contribution >= 0.6 is 0 Å². The number of aliphatic hydroxyl groups is 1. The molecular formula is C60H46N2O2. The van der Waals surface area contributed by atoms with Crippen molar-refractivity contribution in [3.05, 3.63) is 228 Å². The Hall–Kier alpha value is -7.79. The number of hydrogen-bond acceptors (Lipinski definition) is 2. The van der Waals surface area contributed by atoms with E-state index in [1.807, 2.05) is 72.8 Å². The zero-order valence-corrected chi connectivity index (χ0v) is 36.3. The van der Waals surface area contributed by atoms with E-state index in [9.17, 15) is 5.11 Å². The Bertz CT molecular complexity index is 3290. The van der Waals surface area contributed by atoms with E-state index >= 15 is 4.79 Å². The normalized spacial score (nSPS) is 13.5. The number of benzene rings is 9. The van der Waals surface area contributed by atoms with Gasteiger partial charge in [-0.3, -0.25) is 9.69 Å². The van der Waals surface area contributed by atoms with Crippen molar-refractivity contribution in [3.63, 3.8) is 0 Å². The average Bonchev–Trinajstić information content (AvgIpc) is 3.78. The Morgan fingerprint density at radius 3 is 1.39 bits per heavy atom. The van der Waals surface area contributed by atoms with Gasteiger partial charge in [-0.2, -0.15) is 0 Å². The molecule has 11 rings (SSSR count). The molecule has 9 aromatic carbocycles. The van der Waals surface area contributed by atoms with Gasteiger partial charge in [0.25, 0.3) is 5.91 Å². The number of carbonyl (C=O) groups excluding carboxylic acids is 1. The largest absolute Gasteiger partial charge is 0.369 e.